The van der Waals surface area contributed by atoms with Crippen LogP contribution in [-0.2, 0) is 13.1 Å². The summed E-state index contributed by atoms with van der Waals surface area (Å²) >= 11 is 0. The van der Waals surface area contributed by atoms with Gasteiger partial charge in [-0.2, -0.15) is 0 Å². The van der Waals surface area contributed by atoms with Gasteiger partial charge in [-0.25, -0.2) is 0 Å². The van der Waals surface area contributed by atoms with Crippen molar-refractivity contribution in [3.8, 4) is 0 Å². The van der Waals surface area contributed by atoms with Crippen molar-refractivity contribution < 1.29 is 0 Å². The van der Waals surface area contributed by atoms with Crippen LogP contribution in [-0.4, -0.2) is 17.5 Å². The van der Waals surface area contributed by atoms with E-state index < -0.39 is 0 Å². The van der Waals surface area contributed by atoms with Gasteiger partial charge in [0.05, 0.1) is 0 Å². The van der Waals surface area contributed by atoms with Crippen molar-refractivity contribution in [2.75, 3.05) is 6.54 Å². The molecule has 0 aromatic heterocycles. The summed E-state index contributed by atoms with van der Waals surface area (Å²) in [5, 5.41) is 0. The zero-order chi connectivity index (χ0) is 14.9. The van der Waals surface area contributed by atoms with Crippen LogP contribution in [0.5, 0.6) is 0 Å². The van der Waals surface area contributed by atoms with Crippen LogP contribution >= 0.6 is 0 Å². The molecule has 2 nitrogen and oxygen atoms in total. The number of hydrogen-bond donors (Lipinski definition) is 1. The van der Waals surface area contributed by atoms with E-state index in [9.17, 15) is 0 Å². The van der Waals surface area contributed by atoms with Gasteiger partial charge in [0.1, 0.15) is 0 Å². The lowest BCUT2D eigenvalue weighted by atomic mass is 10.1. The first-order chi connectivity index (χ1) is 10.3. The Morgan fingerprint density at radius 1 is 0.857 bits per heavy atom. The maximum absolute atomic E-state index is 6.25. The van der Waals surface area contributed by atoms with E-state index in [0.29, 0.717) is 0 Å². The topological polar surface area (TPSA) is 29.3 Å². The van der Waals surface area contributed by atoms with Crippen molar-refractivity contribution in [2.45, 2.75) is 38.9 Å². The molecule has 0 bridgehead atoms. The molecule has 0 saturated heterocycles. The molecule has 2 rings (SSSR count). The highest BCUT2D eigenvalue weighted by molar-refractivity contribution is 5.17. The molecule has 0 aliphatic heterocycles. The minimum absolute atomic E-state index is 0.252. The van der Waals surface area contributed by atoms with Crippen LogP contribution in [0, 0.1) is 0 Å². The Balaban J connectivity index is 2.02. The Morgan fingerprint density at radius 3 is 1.76 bits per heavy atom. The van der Waals surface area contributed by atoms with Gasteiger partial charge in [0, 0.05) is 25.7 Å². The third-order valence-corrected chi connectivity index (χ3v) is 3.65. The Kier molecular flexibility index (Phi) is 6.45. The van der Waals surface area contributed by atoms with Crippen LogP contribution in [0.2, 0.25) is 0 Å². The smallest absolute Gasteiger partial charge is 0.0237 e. The van der Waals surface area contributed by atoms with Crippen molar-refractivity contribution in [3.63, 3.8) is 0 Å². The molecular formula is C19H26N2. The zero-order valence-corrected chi connectivity index (χ0v) is 12.9. The minimum Gasteiger partial charge on any atom is -0.327 e. The lowest BCUT2D eigenvalue weighted by Gasteiger charge is -2.26. The van der Waals surface area contributed by atoms with Crippen LogP contribution in [0.25, 0.3) is 0 Å². The van der Waals surface area contributed by atoms with Crippen LogP contribution in [0.1, 0.15) is 30.9 Å². The molecule has 0 amide bonds. The van der Waals surface area contributed by atoms with E-state index in [2.05, 4.69) is 72.5 Å². The van der Waals surface area contributed by atoms with E-state index >= 15 is 0 Å². The van der Waals surface area contributed by atoms with E-state index in [1.807, 2.05) is 0 Å². The van der Waals surface area contributed by atoms with Crippen LogP contribution < -0.4 is 5.73 Å². The fraction of sp³-hybridized carbons (Fsp3) is 0.368. The van der Waals surface area contributed by atoms with E-state index in [1.54, 1.807) is 0 Å². The van der Waals surface area contributed by atoms with Gasteiger partial charge in [0.15, 0.2) is 0 Å². The van der Waals surface area contributed by atoms with Gasteiger partial charge in [-0.1, -0.05) is 74.0 Å². The number of rotatable bonds is 8. The first-order valence-electron chi connectivity index (χ1n) is 7.83. The summed E-state index contributed by atoms with van der Waals surface area (Å²) < 4.78 is 0. The molecule has 112 valence electrons. The van der Waals surface area contributed by atoms with Crippen molar-refractivity contribution in [3.05, 3.63) is 71.8 Å². The van der Waals surface area contributed by atoms with Crippen molar-refractivity contribution >= 4 is 0 Å². The molecule has 2 aromatic rings. The normalized spacial score (nSPS) is 12.5. The first kappa shape index (κ1) is 15.7. The summed E-state index contributed by atoms with van der Waals surface area (Å²) in [5.41, 5.74) is 8.94. The lowest BCUT2D eigenvalue weighted by Crippen LogP contribution is -2.36. The lowest BCUT2D eigenvalue weighted by molar-refractivity contribution is 0.235. The monoisotopic (exact) mass is 282 g/mol. The van der Waals surface area contributed by atoms with E-state index in [4.69, 9.17) is 5.73 Å². The summed E-state index contributed by atoms with van der Waals surface area (Å²) in [7, 11) is 0. The van der Waals surface area contributed by atoms with Gasteiger partial charge in [0.2, 0.25) is 0 Å². The van der Waals surface area contributed by atoms with Crippen LogP contribution in [0.4, 0.5) is 0 Å². The van der Waals surface area contributed by atoms with Crippen LogP contribution in [0.3, 0.4) is 0 Å². The second kappa shape index (κ2) is 8.60. The summed E-state index contributed by atoms with van der Waals surface area (Å²) in [4.78, 5) is 2.45. The zero-order valence-electron chi connectivity index (χ0n) is 12.9. The molecule has 2 N–H and O–H groups in total. The summed E-state index contributed by atoms with van der Waals surface area (Å²) in [5.74, 6) is 0. The Morgan fingerprint density at radius 2 is 1.33 bits per heavy atom. The Bertz CT molecular complexity index is 454. The first-order valence-corrected chi connectivity index (χ1v) is 7.83. The molecule has 0 heterocycles. The molecule has 0 aliphatic rings. The highest BCUT2D eigenvalue weighted by Gasteiger charge is 2.11. The average molecular weight is 282 g/mol. The molecule has 1 atom stereocenters. The molecule has 2 aromatic carbocycles. The minimum atomic E-state index is 0.252. The summed E-state index contributed by atoms with van der Waals surface area (Å²) in [6.07, 6.45) is 2.23. The largest absolute Gasteiger partial charge is 0.327 e. The maximum Gasteiger partial charge on any atom is 0.0237 e. The maximum atomic E-state index is 6.25. The average Bonchev–Trinajstić information content (AvgIpc) is 2.49. The molecule has 21 heavy (non-hydrogen) atoms. The third kappa shape index (κ3) is 5.70. The second-order valence-corrected chi connectivity index (χ2v) is 5.69. The molecule has 0 aliphatic carbocycles. The molecule has 0 spiro atoms. The molecule has 0 saturated carbocycles. The summed E-state index contributed by atoms with van der Waals surface area (Å²) in [6.45, 7) is 5.04. The van der Waals surface area contributed by atoms with Gasteiger partial charge < -0.3 is 5.73 Å². The van der Waals surface area contributed by atoms with Crippen molar-refractivity contribution in [2.24, 2.45) is 5.73 Å². The predicted molar refractivity (Wildman–Crippen MR) is 89.9 cm³/mol. The van der Waals surface area contributed by atoms with Gasteiger partial charge in [-0.3, -0.25) is 4.90 Å². The standard InChI is InChI=1S/C19H26N2/c1-2-9-19(20)16-21(14-17-10-5-3-6-11-17)15-18-12-7-4-8-13-18/h3-8,10-13,19H,2,9,14-16,20H2,1H3/t19-/m1/s1. The van der Waals surface area contributed by atoms with Crippen molar-refractivity contribution in [1.29, 1.82) is 0 Å². The van der Waals surface area contributed by atoms with Gasteiger partial charge in [-0.15, -0.1) is 0 Å². The second-order valence-electron chi connectivity index (χ2n) is 5.69. The van der Waals surface area contributed by atoms with E-state index in [0.717, 1.165) is 32.5 Å². The van der Waals surface area contributed by atoms with Gasteiger partial charge in [0.25, 0.3) is 0 Å². The number of nitrogens with two attached hydrogens (primary N) is 1. The Labute approximate surface area is 128 Å². The fourth-order valence-electron chi connectivity index (χ4n) is 2.66. The highest BCUT2D eigenvalue weighted by Crippen LogP contribution is 2.11. The molecular weight excluding hydrogens is 256 g/mol. The number of hydrogen-bond acceptors (Lipinski definition) is 2. The highest BCUT2D eigenvalue weighted by atomic mass is 15.1. The predicted octanol–water partition coefficient (Wildman–Crippen LogP) is 3.82. The van der Waals surface area contributed by atoms with Gasteiger partial charge >= 0.3 is 0 Å². The molecule has 0 radical (unpaired) electrons. The van der Waals surface area contributed by atoms with E-state index in [-0.39, 0.29) is 6.04 Å². The number of benzene rings is 2. The van der Waals surface area contributed by atoms with Gasteiger partial charge in [-0.05, 0) is 17.5 Å². The summed E-state index contributed by atoms with van der Waals surface area (Å²) in [6, 6.07) is 21.5. The SMILES string of the molecule is CCC[C@@H](N)CN(Cc1ccccc1)Cc1ccccc1. The molecule has 2 heteroatoms. The fourth-order valence-corrected chi connectivity index (χ4v) is 2.66. The van der Waals surface area contributed by atoms with Crippen LogP contribution in [0.15, 0.2) is 60.7 Å². The molecule has 0 fully saturated rings. The van der Waals surface area contributed by atoms with E-state index in [1.165, 1.54) is 11.1 Å². The third-order valence-electron chi connectivity index (χ3n) is 3.65. The molecule has 0 unspecified atom stereocenters. The van der Waals surface area contributed by atoms with Crippen molar-refractivity contribution in [1.82, 2.24) is 4.90 Å². The quantitative estimate of drug-likeness (QED) is 0.797. The number of nitrogens with zero attached hydrogens (tertiary/aromatic N) is 1. The Hall–Kier alpha value is -1.64.